The molecule has 2 fully saturated rings. The van der Waals surface area contributed by atoms with Gasteiger partial charge in [-0.3, -0.25) is 14.6 Å². The Kier molecular flexibility index (Phi) is 6.66. The molecule has 1 N–H and O–H groups in total. The Morgan fingerprint density at radius 3 is 2.14 bits per heavy atom. The summed E-state index contributed by atoms with van der Waals surface area (Å²) in [6.45, 7) is 12.6. The number of β-amino-alcohol motifs (C(OH)–C–C–N with tert-alkyl or cyclic N) is 1. The summed E-state index contributed by atoms with van der Waals surface area (Å²) in [4.78, 5) is 19.6. The van der Waals surface area contributed by atoms with Crippen LogP contribution in [0.25, 0.3) is 0 Å². The van der Waals surface area contributed by atoms with E-state index in [4.69, 9.17) is 0 Å². The van der Waals surface area contributed by atoms with Crippen LogP contribution in [0.2, 0.25) is 0 Å². The van der Waals surface area contributed by atoms with Crippen LogP contribution in [0.3, 0.4) is 0 Å². The second kappa shape index (κ2) is 8.27. The molecule has 5 heteroatoms. The zero-order chi connectivity index (χ0) is 16.1. The molecule has 1 amide bonds. The summed E-state index contributed by atoms with van der Waals surface area (Å²) < 4.78 is 0. The lowest BCUT2D eigenvalue weighted by Crippen LogP contribution is -2.56. The minimum absolute atomic E-state index is 0.0512. The molecule has 0 saturated carbocycles. The molecule has 2 aliphatic heterocycles. The Morgan fingerprint density at radius 2 is 1.64 bits per heavy atom. The van der Waals surface area contributed by atoms with Crippen molar-refractivity contribution in [2.45, 2.75) is 52.2 Å². The summed E-state index contributed by atoms with van der Waals surface area (Å²) in [5, 5.41) is 9.76. The molecule has 128 valence electrons. The number of hydrogen-bond donors (Lipinski definition) is 1. The summed E-state index contributed by atoms with van der Waals surface area (Å²) in [6.07, 6.45) is 3.00. The maximum atomic E-state index is 12.9. The minimum atomic E-state index is -0.240. The van der Waals surface area contributed by atoms with Crippen molar-refractivity contribution in [2.75, 3.05) is 45.8 Å². The predicted octanol–water partition coefficient (Wildman–Crippen LogP) is 1.02. The van der Waals surface area contributed by atoms with Crippen molar-refractivity contribution in [1.82, 2.24) is 14.7 Å². The van der Waals surface area contributed by atoms with Gasteiger partial charge < -0.3 is 10.0 Å². The van der Waals surface area contributed by atoms with E-state index in [9.17, 15) is 9.90 Å². The molecule has 2 rings (SSSR count). The van der Waals surface area contributed by atoms with Crippen LogP contribution < -0.4 is 0 Å². The van der Waals surface area contributed by atoms with Crippen LogP contribution in [0, 0.1) is 5.92 Å². The van der Waals surface area contributed by atoms with Crippen molar-refractivity contribution < 1.29 is 9.90 Å². The maximum absolute atomic E-state index is 12.9. The van der Waals surface area contributed by atoms with Gasteiger partial charge in [-0.05, 0) is 38.3 Å². The van der Waals surface area contributed by atoms with Gasteiger partial charge in [-0.25, -0.2) is 0 Å². The highest BCUT2D eigenvalue weighted by atomic mass is 16.3. The third-order valence-electron chi connectivity index (χ3n) is 5.04. The van der Waals surface area contributed by atoms with Crippen molar-refractivity contribution in [3.63, 3.8) is 0 Å². The zero-order valence-corrected chi connectivity index (χ0v) is 14.5. The van der Waals surface area contributed by atoms with Crippen molar-refractivity contribution in [3.05, 3.63) is 0 Å². The fourth-order valence-corrected chi connectivity index (χ4v) is 3.65. The van der Waals surface area contributed by atoms with Gasteiger partial charge in [0.1, 0.15) is 0 Å². The van der Waals surface area contributed by atoms with E-state index >= 15 is 0 Å². The fraction of sp³-hybridized carbons (Fsp3) is 0.941. The summed E-state index contributed by atoms with van der Waals surface area (Å²) in [5.74, 6) is 0.679. The quantitative estimate of drug-likeness (QED) is 0.796. The Labute approximate surface area is 135 Å². The van der Waals surface area contributed by atoms with Gasteiger partial charge in [-0.1, -0.05) is 20.8 Å². The highest BCUT2D eigenvalue weighted by Gasteiger charge is 2.34. The lowest BCUT2D eigenvalue weighted by atomic mass is 10.0. The van der Waals surface area contributed by atoms with E-state index in [-0.39, 0.29) is 12.1 Å². The molecule has 0 spiro atoms. The molecule has 2 atom stereocenters. The van der Waals surface area contributed by atoms with Gasteiger partial charge in [0.25, 0.3) is 0 Å². The van der Waals surface area contributed by atoms with Crippen LogP contribution in [-0.2, 0) is 4.79 Å². The summed E-state index contributed by atoms with van der Waals surface area (Å²) in [6, 6.07) is 0.0512. The first kappa shape index (κ1) is 17.7. The first-order chi connectivity index (χ1) is 10.5. The monoisotopic (exact) mass is 311 g/mol. The number of nitrogens with zero attached hydrogens (tertiary/aromatic N) is 3. The Balaban J connectivity index is 1.87. The molecule has 0 aliphatic carbocycles. The Bertz CT molecular complexity index is 348. The third-order valence-corrected chi connectivity index (χ3v) is 5.04. The molecule has 0 aromatic carbocycles. The summed E-state index contributed by atoms with van der Waals surface area (Å²) in [5.41, 5.74) is 0. The number of carbonyl (C=O) groups excluding carboxylic acids is 1. The first-order valence-electron chi connectivity index (χ1n) is 8.96. The van der Waals surface area contributed by atoms with Crippen LogP contribution in [-0.4, -0.2) is 83.7 Å². The van der Waals surface area contributed by atoms with Gasteiger partial charge in [-0.2, -0.15) is 0 Å². The third kappa shape index (κ3) is 4.43. The zero-order valence-electron chi connectivity index (χ0n) is 14.5. The van der Waals surface area contributed by atoms with Crippen LogP contribution >= 0.6 is 0 Å². The van der Waals surface area contributed by atoms with Gasteiger partial charge >= 0.3 is 0 Å². The number of amides is 1. The Hall–Kier alpha value is -0.650. The van der Waals surface area contributed by atoms with Crippen LogP contribution in [0.4, 0.5) is 0 Å². The number of piperazine rings is 1. The van der Waals surface area contributed by atoms with E-state index in [1.807, 2.05) is 11.8 Å². The molecule has 0 unspecified atom stereocenters. The van der Waals surface area contributed by atoms with E-state index in [1.54, 1.807) is 0 Å². The van der Waals surface area contributed by atoms with Crippen molar-refractivity contribution >= 4 is 5.91 Å². The maximum Gasteiger partial charge on any atom is 0.240 e. The molecule has 2 saturated heterocycles. The molecule has 0 aromatic rings. The standard InChI is InChI=1S/C17H33N3O2/c1-4-15(21)13-18-9-11-20(12-10-18)17(22)16(14(2)3)19-7-5-6-8-19/h14-16,21H,4-13H2,1-3H3/t15-,16-/m1/s1. The fourth-order valence-electron chi connectivity index (χ4n) is 3.65. The largest absolute Gasteiger partial charge is 0.392 e. The van der Waals surface area contributed by atoms with Gasteiger partial charge in [0.15, 0.2) is 0 Å². The van der Waals surface area contributed by atoms with E-state index < -0.39 is 0 Å². The van der Waals surface area contributed by atoms with E-state index in [0.29, 0.717) is 11.8 Å². The van der Waals surface area contributed by atoms with Crippen LogP contribution in [0.5, 0.6) is 0 Å². The molecule has 5 nitrogen and oxygen atoms in total. The number of aliphatic hydroxyl groups excluding tert-OH is 1. The van der Waals surface area contributed by atoms with Crippen molar-refractivity contribution in [1.29, 1.82) is 0 Å². The van der Waals surface area contributed by atoms with E-state index in [0.717, 1.165) is 52.2 Å². The minimum Gasteiger partial charge on any atom is -0.392 e. The predicted molar refractivity (Wildman–Crippen MR) is 88.8 cm³/mol. The number of rotatable bonds is 6. The summed E-state index contributed by atoms with van der Waals surface area (Å²) >= 11 is 0. The highest BCUT2D eigenvalue weighted by molar-refractivity contribution is 5.82. The second-order valence-corrected chi connectivity index (χ2v) is 7.12. The molecule has 0 aromatic heterocycles. The van der Waals surface area contributed by atoms with E-state index in [2.05, 4.69) is 23.6 Å². The number of hydrogen-bond acceptors (Lipinski definition) is 4. The van der Waals surface area contributed by atoms with Crippen molar-refractivity contribution in [2.24, 2.45) is 5.92 Å². The molecular formula is C17H33N3O2. The first-order valence-corrected chi connectivity index (χ1v) is 8.96. The smallest absolute Gasteiger partial charge is 0.240 e. The average Bonchev–Trinajstić information content (AvgIpc) is 3.01. The Morgan fingerprint density at radius 1 is 1.05 bits per heavy atom. The number of likely N-dealkylation sites (tertiary alicyclic amines) is 1. The summed E-state index contributed by atoms with van der Waals surface area (Å²) in [7, 11) is 0. The SMILES string of the molecule is CC[C@@H](O)CN1CCN(C(=O)[C@@H](C(C)C)N2CCCC2)CC1. The number of aliphatic hydroxyl groups is 1. The van der Waals surface area contributed by atoms with Gasteiger partial charge in [0.05, 0.1) is 12.1 Å². The van der Waals surface area contributed by atoms with Gasteiger partial charge in [0, 0.05) is 32.7 Å². The lowest BCUT2D eigenvalue weighted by molar-refractivity contribution is -0.140. The molecule has 2 heterocycles. The molecule has 2 aliphatic rings. The van der Waals surface area contributed by atoms with Gasteiger partial charge in [-0.15, -0.1) is 0 Å². The van der Waals surface area contributed by atoms with E-state index in [1.165, 1.54) is 12.8 Å². The molecular weight excluding hydrogens is 278 g/mol. The second-order valence-electron chi connectivity index (χ2n) is 7.12. The molecule has 22 heavy (non-hydrogen) atoms. The van der Waals surface area contributed by atoms with Crippen LogP contribution in [0.1, 0.15) is 40.0 Å². The molecule has 0 radical (unpaired) electrons. The average molecular weight is 311 g/mol. The van der Waals surface area contributed by atoms with Crippen molar-refractivity contribution in [3.8, 4) is 0 Å². The van der Waals surface area contributed by atoms with Crippen LogP contribution in [0.15, 0.2) is 0 Å². The normalized spacial score (nSPS) is 24.0. The topological polar surface area (TPSA) is 47.0 Å². The molecule has 0 bridgehead atoms. The highest BCUT2D eigenvalue weighted by Crippen LogP contribution is 2.20. The van der Waals surface area contributed by atoms with Gasteiger partial charge in [0.2, 0.25) is 5.91 Å². The number of carbonyl (C=O) groups is 1. The lowest BCUT2D eigenvalue weighted by Gasteiger charge is -2.39.